The van der Waals surface area contributed by atoms with Crippen LogP contribution in [0.25, 0.3) is 0 Å². The maximum Gasteiger partial charge on any atom is 0.295 e. The van der Waals surface area contributed by atoms with E-state index in [1.807, 2.05) is 0 Å². The molecule has 0 unspecified atom stereocenters. The Labute approximate surface area is 54.8 Å². The van der Waals surface area contributed by atoms with E-state index in [2.05, 4.69) is 4.39 Å². The Bertz CT molecular complexity index is 130. The van der Waals surface area contributed by atoms with E-state index < -0.39 is 22.7 Å². The van der Waals surface area contributed by atoms with Gasteiger partial charge in [-0.2, -0.15) is 8.42 Å². The van der Waals surface area contributed by atoms with E-state index in [4.69, 9.17) is 0 Å². The van der Waals surface area contributed by atoms with Gasteiger partial charge in [0, 0.05) is 0 Å². The van der Waals surface area contributed by atoms with Crippen molar-refractivity contribution in [2.75, 3.05) is 6.26 Å². The van der Waals surface area contributed by atoms with Gasteiger partial charge in [-0.05, 0) is 4.53 Å². The van der Waals surface area contributed by atoms with Crippen LogP contribution >= 0.6 is 12.5 Å². The zero-order valence-corrected chi connectivity index (χ0v) is 5.81. The van der Waals surface area contributed by atoms with E-state index in [0.717, 1.165) is 0 Å². The fraction of sp³-hybridized carbons (Fsp3) is 1.00. The first-order valence-corrected chi connectivity index (χ1v) is 3.80. The molecule has 0 atom stereocenters. The van der Waals surface area contributed by atoms with Gasteiger partial charge in [-0.15, -0.1) is 7.77 Å². The Morgan fingerprint density at radius 3 is 1.56 bits per heavy atom. The summed E-state index contributed by atoms with van der Waals surface area (Å²) in [6, 6.07) is 0. The summed E-state index contributed by atoms with van der Waals surface area (Å²) in [5, 5.41) is 0. The molecule has 0 amide bonds. The van der Waals surface area contributed by atoms with Gasteiger partial charge < -0.3 is 0 Å². The second-order valence-electron chi connectivity index (χ2n) is 0.825. The van der Waals surface area contributed by atoms with Crippen LogP contribution in [0.2, 0.25) is 0 Å². The van der Waals surface area contributed by atoms with Crippen molar-refractivity contribution in [2.24, 2.45) is 0 Å². The molecule has 0 N–H and O–H groups in total. The molecule has 0 spiro atoms. The van der Waals surface area contributed by atoms with Gasteiger partial charge in [0.15, 0.2) is 0 Å². The van der Waals surface area contributed by atoms with Crippen LogP contribution in [0.4, 0.5) is 12.3 Å². The molecule has 0 saturated heterocycles. The van der Waals surface area contributed by atoms with E-state index >= 15 is 0 Å². The number of rotatable bonds is 1. The minimum atomic E-state index is -3.83. The molecule has 0 saturated carbocycles. The van der Waals surface area contributed by atoms with E-state index in [-0.39, 0.29) is 0 Å². The monoisotopic (exact) mass is 184 g/mol. The molecule has 0 rings (SSSR count). The van der Waals surface area contributed by atoms with Crippen molar-refractivity contribution in [3.63, 3.8) is 0 Å². The summed E-state index contributed by atoms with van der Waals surface area (Å²) < 4.78 is 50.7. The van der Waals surface area contributed by atoms with E-state index in [0.29, 0.717) is 6.26 Å². The van der Waals surface area contributed by atoms with Crippen LogP contribution in [0.5, 0.6) is 0 Å². The molecule has 0 aliphatic rings. The third-order valence-corrected chi connectivity index (χ3v) is 0.343. The molecular formula is CH3F3O3S2. The number of hydrogen-bond acceptors (Lipinski definition) is 4. The highest BCUT2D eigenvalue weighted by molar-refractivity contribution is 7.89. The highest BCUT2D eigenvalue weighted by Gasteiger charge is 1.95. The third-order valence-electron chi connectivity index (χ3n) is 0.114. The topological polar surface area (TPSA) is 43.4 Å². The van der Waals surface area contributed by atoms with Crippen molar-refractivity contribution in [1.82, 2.24) is 0 Å². The molecular weight excluding hydrogens is 181 g/mol. The minimum absolute atomic E-state index is 0.618. The number of hydrogen-bond donors (Lipinski definition) is 0. The summed E-state index contributed by atoms with van der Waals surface area (Å²) in [7, 11) is -3.83. The minimum Gasteiger partial charge on any atom is -0.197 e. The molecule has 0 aliphatic carbocycles. The fourth-order valence-electron chi connectivity index (χ4n) is 0. The summed E-state index contributed by atoms with van der Waals surface area (Å²) in [5.74, 6) is 0. The lowest BCUT2D eigenvalue weighted by molar-refractivity contribution is 0.00420. The molecule has 0 aromatic carbocycles. The predicted octanol–water partition coefficient (Wildman–Crippen LogP) is 1.34. The Morgan fingerprint density at radius 1 is 1.44 bits per heavy atom. The third kappa shape index (κ3) is 31.7. The van der Waals surface area contributed by atoms with Crippen molar-refractivity contribution in [3.8, 4) is 0 Å². The highest BCUT2D eigenvalue weighted by Crippen LogP contribution is 1.95. The van der Waals surface area contributed by atoms with Crippen molar-refractivity contribution in [2.45, 2.75) is 0 Å². The lowest BCUT2D eigenvalue weighted by Gasteiger charge is -1.77. The van der Waals surface area contributed by atoms with Crippen LogP contribution in [0.1, 0.15) is 0 Å². The molecule has 3 nitrogen and oxygen atoms in total. The Kier molecular flexibility index (Phi) is 8.09. The zero-order chi connectivity index (χ0) is 7.91. The Hall–Kier alpha value is 0.0500. The summed E-state index contributed by atoms with van der Waals surface area (Å²) >= 11 is -1.25. The van der Waals surface area contributed by atoms with Crippen molar-refractivity contribution in [3.05, 3.63) is 0 Å². The second-order valence-corrected chi connectivity index (χ2v) is 2.48. The standard InChI is InChI=1S/CH3FO3S.F2S/c1-6(3,4)5-2;1-3-2/h1H3;. The SMILES string of the molecule is CS(=O)(=O)OF.FSF. The molecule has 0 aromatic rings. The average molecular weight is 184 g/mol. The van der Waals surface area contributed by atoms with Gasteiger partial charge in [0.2, 0.25) is 0 Å². The maximum atomic E-state index is 10.4. The average Bonchev–Trinajstić information content (AvgIpc) is 1.67. The second kappa shape index (κ2) is 6.17. The van der Waals surface area contributed by atoms with Gasteiger partial charge in [0.1, 0.15) is 0 Å². The van der Waals surface area contributed by atoms with Crippen LogP contribution in [-0.4, -0.2) is 14.7 Å². The molecule has 0 aromatic heterocycles. The quantitative estimate of drug-likeness (QED) is 0.616. The van der Waals surface area contributed by atoms with Crippen molar-refractivity contribution < 1.29 is 25.1 Å². The molecule has 0 fully saturated rings. The van der Waals surface area contributed by atoms with Crippen LogP contribution < -0.4 is 0 Å². The highest BCUT2D eigenvalue weighted by atomic mass is 32.2. The lowest BCUT2D eigenvalue weighted by atomic mass is 12.0. The van der Waals surface area contributed by atoms with Gasteiger partial charge in [-0.1, -0.05) is 4.39 Å². The first-order valence-electron chi connectivity index (χ1n) is 1.37. The Balaban J connectivity index is 0. The van der Waals surface area contributed by atoms with Gasteiger partial charge in [0.25, 0.3) is 22.7 Å². The molecule has 0 radical (unpaired) electrons. The largest absolute Gasteiger partial charge is 0.295 e. The van der Waals surface area contributed by atoms with E-state index in [1.54, 1.807) is 0 Å². The molecule has 0 heterocycles. The van der Waals surface area contributed by atoms with Crippen LogP contribution in [0, 0.1) is 0 Å². The molecule has 58 valence electrons. The first-order chi connectivity index (χ1) is 3.97. The zero-order valence-electron chi connectivity index (χ0n) is 4.18. The molecule has 0 bridgehead atoms. The van der Waals surface area contributed by atoms with Gasteiger partial charge in [-0.25, -0.2) is 0 Å². The van der Waals surface area contributed by atoms with E-state index in [9.17, 15) is 20.7 Å². The molecule has 8 heteroatoms. The van der Waals surface area contributed by atoms with Gasteiger partial charge in [-0.3, -0.25) is 0 Å². The Morgan fingerprint density at radius 2 is 1.56 bits per heavy atom. The maximum absolute atomic E-state index is 10.4. The molecule has 9 heavy (non-hydrogen) atoms. The summed E-state index contributed by atoms with van der Waals surface area (Å²) in [4.78, 5) is 0. The number of halogens is 3. The van der Waals surface area contributed by atoms with Crippen LogP contribution in [0.15, 0.2) is 0 Å². The smallest absolute Gasteiger partial charge is 0.197 e. The van der Waals surface area contributed by atoms with Crippen LogP contribution in [-0.2, 0) is 14.5 Å². The van der Waals surface area contributed by atoms with E-state index in [1.165, 1.54) is 0 Å². The lowest BCUT2D eigenvalue weighted by Crippen LogP contribution is -1.92. The summed E-state index contributed by atoms with van der Waals surface area (Å²) in [6.07, 6.45) is 0.618. The van der Waals surface area contributed by atoms with Gasteiger partial charge >= 0.3 is 0 Å². The van der Waals surface area contributed by atoms with Crippen molar-refractivity contribution in [1.29, 1.82) is 0 Å². The van der Waals surface area contributed by atoms with Gasteiger partial charge in [0.05, 0.1) is 6.26 Å². The summed E-state index contributed by atoms with van der Waals surface area (Å²) in [5.41, 5.74) is 0. The normalized spacial score (nSPS) is 9.78. The first kappa shape index (κ1) is 11.8. The van der Waals surface area contributed by atoms with Crippen molar-refractivity contribution >= 4 is 22.7 Å². The predicted molar refractivity (Wildman–Crippen MR) is 26.8 cm³/mol. The van der Waals surface area contributed by atoms with Crippen LogP contribution in [0.3, 0.4) is 0 Å². The fourth-order valence-corrected chi connectivity index (χ4v) is 0. The molecule has 0 aliphatic heterocycles. The summed E-state index contributed by atoms with van der Waals surface area (Å²) in [6.45, 7) is 0.